The van der Waals surface area contributed by atoms with E-state index in [0.717, 1.165) is 12.8 Å². The highest BCUT2D eigenvalue weighted by Gasteiger charge is 2.41. The Balaban J connectivity index is 2.82. The third-order valence-electron chi connectivity index (χ3n) is 2.81. The second-order valence-electron chi connectivity index (χ2n) is 3.46. The first-order chi connectivity index (χ1) is 6.58. The van der Waals surface area contributed by atoms with Crippen LogP contribution in [-0.4, -0.2) is 34.2 Å². The van der Waals surface area contributed by atoms with Crippen molar-refractivity contribution < 1.29 is 10.0 Å². The summed E-state index contributed by atoms with van der Waals surface area (Å²) in [6.07, 6.45) is 1.65. The Morgan fingerprint density at radius 1 is 1.71 bits per heavy atom. The number of hydrogen-bond acceptors (Lipinski definition) is 3. The van der Waals surface area contributed by atoms with Crippen LogP contribution in [0.4, 0.5) is 4.79 Å². The lowest BCUT2D eigenvalue weighted by atomic mass is 9.94. The van der Waals surface area contributed by atoms with Crippen LogP contribution in [0.2, 0.25) is 0 Å². The number of oxime groups is 1. The number of guanidine groups is 1. The highest BCUT2D eigenvalue weighted by molar-refractivity contribution is 5.97. The zero-order valence-electron chi connectivity index (χ0n) is 8.45. The summed E-state index contributed by atoms with van der Waals surface area (Å²) in [5.74, 6) is -0.161. The first-order valence-corrected chi connectivity index (χ1v) is 4.65. The standard InChI is InChI=1S/C8H16N4O2/c1-3-8(4-2)5-12(6(9)11-14)7(13)10-8/h14H,3-5H2,1-2H3,(H2,9,11)(H,10,13). The normalized spacial score (nSPS) is 21.1. The predicted octanol–water partition coefficient (Wildman–Crippen LogP) is 0.274. The third kappa shape index (κ3) is 1.59. The van der Waals surface area contributed by atoms with Gasteiger partial charge in [0.2, 0.25) is 5.96 Å². The summed E-state index contributed by atoms with van der Waals surface area (Å²) in [5.41, 5.74) is 5.12. The maximum atomic E-state index is 11.5. The molecule has 1 heterocycles. The van der Waals surface area contributed by atoms with Gasteiger partial charge < -0.3 is 16.3 Å². The van der Waals surface area contributed by atoms with Crippen molar-refractivity contribution in [2.45, 2.75) is 32.2 Å². The van der Waals surface area contributed by atoms with Crippen LogP contribution in [0.25, 0.3) is 0 Å². The summed E-state index contributed by atoms with van der Waals surface area (Å²) in [5, 5.41) is 14.1. The van der Waals surface area contributed by atoms with Crippen molar-refractivity contribution in [1.82, 2.24) is 10.2 Å². The number of hydrogen-bond donors (Lipinski definition) is 3. The fourth-order valence-corrected chi connectivity index (χ4v) is 1.60. The molecule has 4 N–H and O–H groups in total. The molecular formula is C8H16N4O2. The maximum absolute atomic E-state index is 11.5. The summed E-state index contributed by atoms with van der Waals surface area (Å²) in [6, 6.07) is -0.302. The van der Waals surface area contributed by atoms with Crippen molar-refractivity contribution in [1.29, 1.82) is 0 Å². The molecule has 0 bridgehead atoms. The van der Waals surface area contributed by atoms with Crippen molar-refractivity contribution >= 4 is 12.0 Å². The van der Waals surface area contributed by atoms with Gasteiger partial charge in [0.25, 0.3) is 0 Å². The molecule has 2 amide bonds. The lowest BCUT2D eigenvalue weighted by Gasteiger charge is -2.24. The molecule has 0 unspecified atom stereocenters. The Hall–Kier alpha value is -1.46. The number of urea groups is 1. The summed E-state index contributed by atoms with van der Waals surface area (Å²) in [7, 11) is 0. The van der Waals surface area contributed by atoms with Crippen LogP contribution >= 0.6 is 0 Å². The van der Waals surface area contributed by atoms with Gasteiger partial charge in [-0.2, -0.15) is 0 Å². The molecule has 14 heavy (non-hydrogen) atoms. The van der Waals surface area contributed by atoms with Crippen molar-refractivity contribution in [3.63, 3.8) is 0 Å². The number of carbonyl (C=O) groups is 1. The fraction of sp³-hybridized carbons (Fsp3) is 0.750. The minimum absolute atomic E-state index is 0.161. The summed E-state index contributed by atoms with van der Waals surface area (Å²) in [4.78, 5) is 12.7. The molecule has 0 saturated carbocycles. The maximum Gasteiger partial charge on any atom is 0.324 e. The molecule has 0 aromatic carbocycles. The predicted molar refractivity (Wildman–Crippen MR) is 52.0 cm³/mol. The van der Waals surface area contributed by atoms with Crippen molar-refractivity contribution in [3.05, 3.63) is 0 Å². The molecule has 0 aromatic heterocycles. The topological polar surface area (TPSA) is 90.9 Å². The highest BCUT2D eigenvalue weighted by atomic mass is 16.4. The number of nitrogens with one attached hydrogen (secondary N) is 1. The molecule has 1 rings (SSSR count). The highest BCUT2D eigenvalue weighted by Crippen LogP contribution is 2.22. The molecule has 6 nitrogen and oxygen atoms in total. The van der Waals surface area contributed by atoms with E-state index < -0.39 is 0 Å². The summed E-state index contributed by atoms with van der Waals surface area (Å²) >= 11 is 0. The molecule has 6 heteroatoms. The van der Waals surface area contributed by atoms with Gasteiger partial charge in [0.1, 0.15) is 0 Å². The summed E-state index contributed by atoms with van der Waals surface area (Å²) < 4.78 is 0. The molecule has 1 aliphatic heterocycles. The second kappa shape index (κ2) is 3.73. The first-order valence-electron chi connectivity index (χ1n) is 4.65. The van der Waals surface area contributed by atoms with Crippen LogP contribution in [0.3, 0.4) is 0 Å². The van der Waals surface area contributed by atoms with Gasteiger partial charge in [-0.25, -0.2) is 4.79 Å². The number of amides is 2. The largest absolute Gasteiger partial charge is 0.408 e. The molecule has 0 radical (unpaired) electrons. The van der Waals surface area contributed by atoms with Gasteiger partial charge in [0, 0.05) is 0 Å². The smallest absolute Gasteiger partial charge is 0.324 e. The van der Waals surface area contributed by atoms with Crippen molar-refractivity contribution in [3.8, 4) is 0 Å². The Kier molecular flexibility index (Phi) is 2.83. The number of nitrogens with zero attached hydrogens (tertiary/aromatic N) is 2. The van der Waals surface area contributed by atoms with Crippen LogP contribution in [0, 0.1) is 0 Å². The summed E-state index contributed by atoms with van der Waals surface area (Å²) in [6.45, 7) is 4.45. The molecule has 1 aliphatic rings. The first kappa shape index (κ1) is 10.6. The molecule has 0 aliphatic carbocycles. The van der Waals surface area contributed by atoms with Gasteiger partial charge in [0.15, 0.2) is 0 Å². The Morgan fingerprint density at radius 2 is 2.29 bits per heavy atom. The number of carbonyl (C=O) groups excluding carboxylic acids is 1. The quantitative estimate of drug-likeness (QED) is 0.259. The van der Waals surface area contributed by atoms with Crippen LogP contribution in [-0.2, 0) is 0 Å². The van der Waals surface area contributed by atoms with Gasteiger partial charge in [-0.05, 0) is 12.8 Å². The van der Waals surface area contributed by atoms with E-state index in [0.29, 0.717) is 6.54 Å². The minimum atomic E-state index is -0.302. The van der Waals surface area contributed by atoms with Gasteiger partial charge in [-0.1, -0.05) is 19.0 Å². The van der Waals surface area contributed by atoms with E-state index in [2.05, 4.69) is 10.5 Å². The fourth-order valence-electron chi connectivity index (χ4n) is 1.60. The van der Waals surface area contributed by atoms with Crippen LogP contribution in [0.1, 0.15) is 26.7 Å². The van der Waals surface area contributed by atoms with E-state index in [1.165, 1.54) is 4.90 Å². The van der Waals surface area contributed by atoms with Gasteiger partial charge >= 0.3 is 6.03 Å². The zero-order chi connectivity index (χ0) is 10.8. The van der Waals surface area contributed by atoms with Crippen molar-refractivity contribution in [2.24, 2.45) is 10.9 Å². The molecular weight excluding hydrogens is 184 g/mol. The van der Waals surface area contributed by atoms with E-state index in [4.69, 9.17) is 10.9 Å². The molecule has 0 spiro atoms. The number of rotatable bonds is 2. The Bertz CT molecular complexity index is 260. The Labute approximate surface area is 82.7 Å². The van der Waals surface area contributed by atoms with Crippen molar-refractivity contribution in [2.75, 3.05) is 6.54 Å². The van der Waals surface area contributed by atoms with Gasteiger partial charge in [0.05, 0.1) is 12.1 Å². The average Bonchev–Trinajstić information content (AvgIpc) is 2.55. The third-order valence-corrected chi connectivity index (χ3v) is 2.81. The van der Waals surface area contributed by atoms with Gasteiger partial charge in [-0.3, -0.25) is 4.90 Å². The molecule has 1 fully saturated rings. The molecule has 0 atom stereocenters. The molecule has 0 aromatic rings. The zero-order valence-corrected chi connectivity index (χ0v) is 8.45. The van der Waals surface area contributed by atoms with E-state index in [1.807, 2.05) is 13.8 Å². The lowest BCUT2D eigenvalue weighted by Crippen LogP contribution is -2.42. The van der Waals surface area contributed by atoms with E-state index in [-0.39, 0.29) is 17.5 Å². The lowest BCUT2D eigenvalue weighted by molar-refractivity contribution is 0.230. The molecule has 1 saturated heterocycles. The van der Waals surface area contributed by atoms with E-state index in [9.17, 15) is 4.79 Å². The van der Waals surface area contributed by atoms with E-state index >= 15 is 0 Å². The average molecular weight is 200 g/mol. The van der Waals surface area contributed by atoms with Gasteiger partial charge in [-0.15, -0.1) is 0 Å². The minimum Gasteiger partial charge on any atom is -0.408 e. The Morgan fingerprint density at radius 3 is 2.64 bits per heavy atom. The monoisotopic (exact) mass is 200 g/mol. The molecule has 80 valence electrons. The second-order valence-corrected chi connectivity index (χ2v) is 3.46. The van der Waals surface area contributed by atoms with Crippen LogP contribution < -0.4 is 11.1 Å². The van der Waals surface area contributed by atoms with Crippen LogP contribution in [0.5, 0.6) is 0 Å². The van der Waals surface area contributed by atoms with E-state index in [1.54, 1.807) is 0 Å². The number of nitrogens with two attached hydrogens (primary N) is 1. The SMILES string of the molecule is CCC1(CC)CN(C(N)=NO)C(=O)N1. The van der Waals surface area contributed by atoms with Crippen LogP contribution in [0.15, 0.2) is 5.16 Å².